The van der Waals surface area contributed by atoms with E-state index in [0.29, 0.717) is 5.56 Å². The van der Waals surface area contributed by atoms with Gasteiger partial charge in [0.15, 0.2) is 0 Å². The largest absolute Gasteiger partial charge is 0.507 e. The molecule has 1 N–H and O–H groups in total. The zero-order valence-corrected chi connectivity index (χ0v) is 11.2. The highest BCUT2D eigenvalue weighted by Crippen LogP contribution is 2.35. The Morgan fingerprint density at radius 3 is 2.16 bits per heavy atom. The first-order valence-corrected chi connectivity index (χ1v) is 6.08. The van der Waals surface area contributed by atoms with Crippen LogP contribution in [0, 0.1) is 11.6 Å². The third kappa shape index (κ3) is 2.75. The molecule has 0 aliphatic carbocycles. The monoisotopic (exact) mass is 262 g/mol. The molecule has 0 aliphatic rings. The molecule has 0 aliphatic heterocycles. The molecule has 0 fully saturated rings. The Kier molecular flexibility index (Phi) is 3.31. The van der Waals surface area contributed by atoms with Crippen molar-refractivity contribution in [3.8, 4) is 16.9 Å². The fourth-order valence-corrected chi connectivity index (χ4v) is 1.93. The van der Waals surface area contributed by atoms with Gasteiger partial charge < -0.3 is 5.11 Å². The minimum Gasteiger partial charge on any atom is -0.507 e. The summed E-state index contributed by atoms with van der Waals surface area (Å²) in [7, 11) is 0. The van der Waals surface area contributed by atoms with Crippen molar-refractivity contribution in [1.29, 1.82) is 0 Å². The first-order valence-electron chi connectivity index (χ1n) is 6.08. The molecule has 0 spiro atoms. The summed E-state index contributed by atoms with van der Waals surface area (Å²) < 4.78 is 26.7. The number of hydrogen-bond acceptors (Lipinski definition) is 1. The summed E-state index contributed by atoms with van der Waals surface area (Å²) in [6, 6.07) is 8.43. The summed E-state index contributed by atoms with van der Waals surface area (Å²) in [5.41, 5.74) is 1.44. The second kappa shape index (κ2) is 4.65. The van der Waals surface area contributed by atoms with Gasteiger partial charge in [0.1, 0.15) is 17.4 Å². The van der Waals surface area contributed by atoms with Crippen molar-refractivity contribution in [2.75, 3.05) is 0 Å². The normalized spacial score (nSPS) is 11.6. The lowest BCUT2D eigenvalue weighted by atomic mass is 9.85. The van der Waals surface area contributed by atoms with E-state index in [4.69, 9.17) is 0 Å². The van der Waals surface area contributed by atoms with Gasteiger partial charge in [0.25, 0.3) is 0 Å². The maximum atomic E-state index is 13.8. The predicted octanol–water partition coefficient (Wildman–Crippen LogP) is 4.63. The average molecular weight is 262 g/mol. The summed E-state index contributed by atoms with van der Waals surface area (Å²) in [6.07, 6.45) is 0. The molecule has 100 valence electrons. The van der Waals surface area contributed by atoms with Crippen LogP contribution in [0.5, 0.6) is 5.75 Å². The Morgan fingerprint density at radius 1 is 0.895 bits per heavy atom. The molecule has 3 heteroatoms. The number of halogens is 2. The molecule has 19 heavy (non-hydrogen) atoms. The maximum absolute atomic E-state index is 13.8. The molecule has 0 saturated heterocycles. The molecule has 0 unspecified atom stereocenters. The fourth-order valence-electron chi connectivity index (χ4n) is 1.93. The van der Waals surface area contributed by atoms with Crippen molar-refractivity contribution in [2.24, 2.45) is 0 Å². The van der Waals surface area contributed by atoms with Gasteiger partial charge in [-0.15, -0.1) is 0 Å². The predicted molar refractivity (Wildman–Crippen MR) is 72.2 cm³/mol. The molecule has 0 atom stereocenters. The Bertz CT molecular complexity index is 613. The summed E-state index contributed by atoms with van der Waals surface area (Å²) >= 11 is 0. The molecule has 2 aromatic rings. The van der Waals surface area contributed by atoms with Crippen LogP contribution >= 0.6 is 0 Å². The summed E-state index contributed by atoms with van der Waals surface area (Å²) in [5, 5.41) is 9.89. The van der Waals surface area contributed by atoms with E-state index in [1.807, 2.05) is 20.8 Å². The van der Waals surface area contributed by atoms with E-state index in [0.717, 1.165) is 11.6 Å². The van der Waals surface area contributed by atoms with Crippen molar-refractivity contribution < 1.29 is 13.9 Å². The van der Waals surface area contributed by atoms with E-state index in [1.165, 1.54) is 12.1 Å². The van der Waals surface area contributed by atoms with Crippen LogP contribution in [0.3, 0.4) is 0 Å². The van der Waals surface area contributed by atoms with Crippen molar-refractivity contribution in [3.63, 3.8) is 0 Å². The standard InChI is InChI=1S/C16H16F2O/c1-16(2,3)10-4-7-15(19)13(8-10)12-6-5-11(17)9-14(12)18/h4-9,19H,1-3H3. The molecule has 0 aromatic heterocycles. The van der Waals surface area contributed by atoms with Crippen LogP contribution < -0.4 is 0 Å². The first-order chi connectivity index (χ1) is 8.79. The van der Waals surface area contributed by atoms with Crippen molar-refractivity contribution >= 4 is 0 Å². The SMILES string of the molecule is CC(C)(C)c1ccc(O)c(-c2ccc(F)cc2F)c1. The van der Waals surface area contributed by atoms with E-state index in [-0.39, 0.29) is 16.7 Å². The van der Waals surface area contributed by atoms with Crippen LogP contribution in [0.4, 0.5) is 8.78 Å². The summed E-state index contributed by atoms with van der Waals surface area (Å²) in [4.78, 5) is 0. The van der Waals surface area contributed by atoms with Crippen molar-refractivity contribution in [3.05, 3.63) is 53.6 Å². The Labute approximate surface area is 111 Å². The minimum absolute atomic E-state index is 0.0153. The van der Waals surface area contributed by atoms with Crippen LogP contribution in [-0.4, -0.2) is 5.11 Å². The van der Waals surface area contributed by atoms with Crippen LogP contribution in [0.2, 0.25) is 0 Å². The highest BCUT2D eigenvalue weighted by atomic mass is 19.1. The third-order valence-corrected chi connectivity index (χ3v) is 3.08. The third-order valence-electron chi connectivity index (χ3n) is 3.08. The van der Waals surface area contributed by atoms with Gasteiger partial charge >= 0.3 is 0 Å². The number of rotatable bonds is 1. The molecule has 0 amide bonds. The molecule has 1 nitrogen and oxygen atoms in total. The fraction of sp³-hybridized carbons (Fsp3) is 0.250. The molecule has 2 rings (SSSR count). The lowest BCUT2D eigenvalue weighted by molar-refractivity contribution is 0.475. The van der Waals surface area contributed by atoms with Gasteiger partial charge in [-0.05, 0) is 35.2 Å². The quantitative estimate of drug-likeness (QED) is 0.794. The zero-order valence-electron chi connectivity index (χ0n) is 11.2. The number of phenolic OH excluding ortho intramolecular Hbond substituents is 1. The summed E-state index contributed by atoms with van der Waals surface area (Å²) in [5.74, 6) is -1.33. The van der Waals surface area contributed by atoms with E-state index in [1.54, 1.807) is 18.2 Å². The van der Waals surface area contributed by atoms with Gasteiger partial charge in [-0.2, -0.15) is 0 Å². The highest BCUT2D eigenvalue weighted by molar-refractivity contribution is 5.71. The van der Waals surface area contributed by atoms with E-state index < -0.39 is 11.6 Å². The second-order valence-corrected chi connectivity index (χ2v) is 5.61. The Hall–Kier alpha value is -1.90. The van der Waals surface area contributed by atoms with Gasteiger partial charge in [-0.1, -0.05) is 26.8 Å². The molecule has 0 saturated carbocycles. The number of aromatic hydroxyl groups is 1. The average Bonchev–Trinajstić information content (AvgIpc) is 2.29. The van der Waals surface area contributed by atoms with Gasteiger partial charge in [0, 0.05) is 17.2 Å². The lowest BCUT2D eigenvalue weighted by Crippen LogP contribution is -2.10. The Balaban J connectivity index is 2.61. The van der Waals surface area contributed by atoms with E-state index in [2.05, 4.69) is 0 Å². The molecular weight excluding hydrogens is 246 g/mol. The number of phenols is 1. The van der Waals surface area contributed by atoms with E-state index in [9.17, 15) is 13.9 Å². The first kappa shape index (κ1) is 13.5. The minimum atomic E-state index is -0.679. The number of benzene rings is 2. The second-order valence-electron chi connectivity index (χ2n) is 5.61. The highest BCUT2D eigenvalue weighted by Gasteiger charge is 2.17. The number of hydrogen-bond donors (Lipinski definition) is 1. The van der Waals surface area contributed by atoms with Crippen LogP contribution in [0.15, 0.2) is 36.4 Å². The molecule has 0 bridgehead atoms. The molecule has 0 heterocycles. The lowest BCUT2D eigenvalue weighted by Gasteiger charge is -2.20. The van der Waals surface area contributed by atoms with Gasteiger partial charge in [0.2, 0.25) is 0 Å². The molecule has 0 radical (unpaired) electrons. The van der Waals surface area contributed by atoms with Gasteiger partial charge in [-0.3, -0.25) is 0 Å². The Morgan fingerprint density at radius 2 is 1.58 bits per heavy atom. The van der Waals surface area contributed by atoms with Gasteiger partial charge in [-0.25, -0.2) is 8.78 Å². The van der Waals surface area contributed by atoms with Crippen molar-refractivity contribution in [1.82, 2.24) is 0 Å². The van der Waals surface area contributed by atoms with Crippen LogP contribution in [-0.2, 0) is 5.41 Å². The zero-order chi connectivity index (χ0) is 14.2. The van der Waals surface area contributed by atoms with Crippen molar-refractivity contribution in [2.45, 2.75) is 26.2 Å². The van der Waals surface area contributed by atoms with Crippen LogP contribution in [0.1, 0.15) is 26.3 Å². The smallest absolute Gasteiger partial charge is 0.134 e. The van der Waals surface area contributed by atoms with Gasteiger partial charge in [0.05, 0.1) is 0 Å². The van der Waals surface area contributed by atoms with E-state index >= 15 is 0 Å². The topological polar surface area (TPSA) is 20.2 Å². The molecule has 2 aromatic carbocycles. The molecular formula is C16H16F2O. The summed E-state index contributed by atoms with van der Waals surface area (Å²) in [6.45, 7) is 6.10. The maximum Gasteiger partial charge on any atom is 0.134 e. The van der Waals surface area contributed by atoms with Crippen LogP contribution in [0.25, 0.3) is 11.1 Å².